The molecule has 0 saturated carbocycles. The number of likely N-dealkylation sites (N-methyl/N-ethyl adjacent to an activating group) is 1. The van der Waals surface area contributed by atoms with Crippen LogP contribution >= 0.6 is 0 Å². The lowest BCUT2D eigenvalue weighted by Crippen LogP contribution is -2.18. The van der Waals surface area contributed by atoms with Crippen molar-refractivity contribution in [2.75, 3.05) is 7.05 Å². The third-order valence-electron chi connectivity index (χ3n) is 3.25. The van der Waals surface area contributed by atoms with Gasteiger partial charge in [-0.1, -0.05) is 24.1 Å². The molecule has 1 N–H and O–H groups in total. The van der Waals surface area contributed by atoms with Gasteiger partial charge in [0.1, 0.15) is 0 Å². The Balaban J connectivity index is 2.18. The number of nitrogens with zero attached hydrogens (tertiary/aromatic N) is 1. The zero-order valence-corrected chi connectivity index (χ0v) is 9.95. The van der Waals surface area contributed by atoms with Crippen molar-refractivity contribution in [3.05, 3.63) is 41.7 Å². The van der Waals surface area contributed by atoms with Crippen LogP contribution in [0.4, 0.5) is 0 Å². The van der Waals surface area contributed by atoms with Crippen molar-refractivity contribution < 1.29 is 0 Å². The zero-order chi connectivity index (χ0) is 11.2. The fourth-order valence-electron chi connectivity index (χ4n) is 2.41. The molecule has 2 heteroatoms. The van der Waals surface area contributed by atoms with Gasteiger partial charge in [-0.15, -0.1) is 0 Å². The van der Waals surface area contributed by atoms with Gasteiger partial charge in [0.05, 0.1) is 6.04 Å². The lowest BCUT2D eigenvalue weighted by Gasteiger charge is -2.19. The largest absolute Gasteiger partial charge is 0.310 e. The average Bonchev–Trinajstić information content (AvgIpc) is 2.61. The average molecular weight is 216 g/mol. The van der Waals surface area contributed by atoms with E-state index in [0.717, 1.165) is 0 Å². The van der Waals surface area contributed by atoms with Crippen LogP contribution < -0.4 is 5.32 Å². The molecule has 1 unspecified atom stereocenters. The fraction of sp³-hybridized carbons (Fsp3) is 0.500. The number of nitrogens with one attached hydrogen (secondary N) is 1. The summed E-state index contributed by atoms with van der Waals surface area (Å²) in [5.74, 6) is 0. The topological polar surface area (TPSA) is 24.9 Å². The molecule has 1 aromatic rings. The van der Waals surface area contributed by atoms with Gasteiger partial charge in [0.2, 0.25) is 0 Å². The van der Waals surface area contributed by atoms with Gasteiger partial charge in [0.15, 0.2) is 0 Å². The second kappa shape index (κ2) is 5.80. The van der Waals surface area contributed by atoms with Crippen molar-refractivity contribution in [3.8, 4) is 0 Å². The number of aromatic nitrogens is 1. The highest BCUT2D eigenvalue weighted by Gasteiger charge is 2.15. The summed E-state index contributed by atoms with van der Waals surface area (Å²) in [5, 5.41) is 3.41. The Kier molecular flexibility index (Phi) is 4.11. The second-order valence-electron chi connectivity index (χ2n) is 4.39. The van der Waals surface area contributed by atoms with Crippen molar-refractivity contribution in [1.29, 1.82) is 0 Å². The van der Waals surface area contributed by atoms with E-state index >= 15 is 0 Å². The fourth-order valence-corrected chi connectivity index (χ4v) is 2.41. The first-order chi connectivity index (χ1) is 7.92. The molecule has 0 bridgehead atoms. The molecule has 0 saturated heterocycles. The van der Waals surface area contributed by atoms with Gasteiger partial charge < -0.3 is 5.32 Å². The highest BCUT2D eigenvalue weighted by atomic mass is 14.9. The third-order valence-corrected chi connectivity index (χ3v) is 3.25. The summed E-state index contributed by atoms with van der Waals surface area (Å²) in [6.45, 7) is 0. The summed E-state index contributed by atoms with van der Waals surface area (Å²) in [6, 6.07) is 4.52. The Morgan fingerprint density at radius 2 is 2.25 bits per heavy atom. The Morgan fingerprint density at radius 3 is 3.00 bits per heavy atom. The summed E-state index contributed by atoms with van der Waals surface area (Å²) in [7, 11) is 2.03. The van der Waals surface area contributed by atoms with Crippen molar-refractivity contribution in [1.82, 2.24) is 10.3 Å². The van der Waals surface area contributed by atoms with Crippen molar-refractivity contribution in [3.63, 3.8) is 0 Å². The number of pyridine rings is 1. The summed E-state index contributed by atoms with van der Waals surface area (Å²) in [4.78, 5) is 4.20. The van der Waals surface area contributed by atoms with E-state index in [0.29, 0.717) is 6.04 Å². The number of hydrogen-bond donors (Lipinski definition) is 1. The first kappa shape index (κ1) is 11.3. The lowest BCUT2D eigenvalue weighted by atomic mass is 9.96. The summed E-state index contributed by atoms with van der Waals surface area (Å²) in [6.07, 6.45) is 12.7. The van der Waals surface area contributed by atoms with Gasteiger partial charge in [-0.3, -0.25) is 4.98 Å². The molecular formula is C14H20N2. The van der Waals surface area contributed by atoms with Crippen LogP contribution in [0.2, 0.25) is 0 Å². The second-order valence-corrected chi connectivity index (χ2v) is 4.39. The molecular weight excluding hydrogens is 196 g/mol. The molecule has 1 aliphatic carbocycles. The predicted octanol–water partition coefficient (Wildman–Crippen LogP) is 3.23. The van der Waals surface area contributed by atoms with E-state index in [4.69, 9.17) is 0 Å². The first-order valence-electron chi connectivity index (χ1n) is 6.18. The van der Waals surface area contributed by atoms with E-state index in [1.54, 1.807) is 0 Å². The highest BCUT2D eigenvalue weighted by molar-refractivity contribution is 5.26. The molecule has 1 heterocycles. The Hall–Kier alpha value is -1.15. The van der Waals surface area contributed by atoms with Gasteiger partial charge in [-0.2, -0.15) is 0 Å². The molecule has 0 radical (unpaired) electrons. The van der Waals surface area contributed by atoms with Crippen LogP contribution in [-0.2, 0) is 0 Å². The van der Waals surface area contributed by atoms with Gasteiger partial charge in [0, 0.05) is 12.4 Å². The van der Waals surface area contributed by atoms with Crippen molar-refractivity contribution in [2.45, 2.75) is 38.1 Å². The minimum absolute atomic E-state index is 0.354. The number of allylic oxidation sites excluding steroid dienone is 1. The molecule has 0 amide bonds. The van der Waals surface area contributed by atoms with E-state index in [9.17, 15) is 0 Å². The van der Waals surface area contributed by atoms with Crippen LogP contribution in [0.5, 0.6) is 0 Å². The van der Waals surface area contributed by atoms with E-state index in [-0.39, 0.29) is 0 Å². The lowest BCUT2D eigenvalue weighted by molar-refractivity contribution is 0.627. The highest BCUT2D eigenvalue weighted by Crippen LogP contribution is 2.28. The Labute approximate surface area is 97.8 Å². The smallest absolute Gasteiger partial charge is 0.0548 e. The van der Waals surface area contributed by atoms with Crippen molar-refractivity contribution in [2.24, 2.45) is 0 Å². The molecule has 0 aliphatic heterocycles. The van der Waals surface area contributed by atoms with E-state index < -0.39 is 0 Å². The molecule has 0 fully saturated rings. The molecule has 1 atom stereocenters. The normalized spacial score (nSPS) is 18.7. The molecule has 1 aliphatic rings. The first-order valence-corrected chi connectivity index (χ1v) is 6.18. The molecule has 2 nitrogen and oxygen atoms in total. The maximum absolute atomic E-state index is 4.20. The molecule has 1 aromatic heterocycles. The maximum Gasteiger partial charge on any atom is 0.0548 e. The predicted molar refractivity (Wildman–Crippen MR) is 67.2 cm³/mol. The molecule has 0 aromatic carbocycles. The van der Waals surface area contributed by atoms with E-state index in [2.05, 4.69) is 22.4 Å². The van der Waals surface area contributed by atoms with Crippen LogP contribution in [0, 0.1) is 0 Å². The Morgan fingerprint density at radius 1 is 1.31 bits per heavy atom. The monoisotopic (exact) mass is 216 g/mol. The SMILES string of the molecule is CNC(C1=CCCCCC1)c1cccnc1. The quantitative estimate of drug-likeness (QED) is 0.785. The molecule has 86 valence electrons. The van der Waals surface area contributed by atoms with Crippen LogP contribution in [-0.4, -0.2) is 12.0 Å². The molecule has 0 spiro atoms. The van der Waals surface area contributed by atoms with Crippen LogP contribution in [0.15, 0.2) is 36.2 Å². The standard InChI is InChI=1S/C14H20N2/c1-15-14(13-9-6-10-16-11-13)12-7-4-2-3-5-8-12/h6-7,9-11,14-15H,2-5,8H2,1H3. The zero-order valence-electron chi connectivity index (χ0n) is 9.95. The maximum atomic E-state index is 4.20. The minimum Gasteiger partial charge on any atom is -0.310 e. The minimum atomic E-state index is 0.354. The summed E-state index contributed by atoms with van der Waals surface area (Å²) in [5.41, 5.74) is 2.81. The molecule has 2 rings (SSSR count). The van der Waals surface area contributed by atoms with E-state index in [1.807, 2.05) is 25.5 Å². The van der Waals surface area contributed by atoms with Gasteiger partial charge in [0.25, 0.3) is 0 Å². The van der Waals surface area contributed by atoms with Gasteiger partial charge in [-0.05, 0) is 44.4 Å². The van der Waals surface area contributed by atoms with Crippen LogP contribution in [0.3, 0.4) is 0 Å². The van der Waals surface area contributed by atoms with Gasteiger partial charge >= 0.3 is 0 Å². The summed E-state index contributed by atoms with van der Waals surface area (Å²) < 4.78 is 0. The van der Waals surface area contributed by atoms with Crippen LogP contribution in [0.25, 0.3) is 0 Å². The number of rotatable bonds is 3. The third kappa shape index (κ3) is 2.70. The van der Waals surface area contributed by atoms with Crippen molar-refractivity contribution >= 4 is 0 Å². The molecule has 16 heavy (non-hydrogen) atoms. The van der Waals surface area contributed by atoms with Crippen LogP contribution in [0.1, 0.15) is 43.7 Å². The Bertz CT molecular complexity index is 343. The summed E-state index contributed by atoms with van der Waals surface area (Å²) >= 11 is 0. The number of hydrogen-bond acceptors (Lipinski definition) is 2. The van der Waals surface area contributed by atoms with E-state index in [1.165, 1.54) is 43.2 Å². The van der Waals surface area contributed by atoms with Gasteiger partial charge in [-0.25, -0.2) is 0 Å².